The summed E-state index contributed by atoms with van der Waals surface area (Å²) in [5.74, 6) is 2.64. The minimum atomic E-state index is -0.0951. The number of hydrogen-bond acceptors (Lipinski definition) is 4. The molecule has 0 amide bonds. The lowest BCUT2D eigenvalue weighted by molar-refractivity contribution is 0.404. The summed E-state index contributed by atoms with van der Waals surface area (Å²) in [4.78, 5) is 20.8. The summed E-state index contributed by atoms with van der Waals surface area (Å²) in [6, 6.07) is 0. The molecule has 1 N–H and O–H groups in total. The minimum absolute atomic E-state index is 0.0951. The molecule has 1 aliphatic carbocycles. The fourth-order valence-electron chi connectivity index (χ4n) is 3.30. The zero-order chi connectivity index (χ0) is 16.0. The third kappa shape index (κ3) is 2.17. The number of aryl methyl sites for hydroxylation is 2. The van der Waals surface area contributed by atoms with Gasteiger partial charge in [-0.3, -0.25) is 9.36 Å². The van der Waals surface area contributed by atoms with E-state index in [1.54, 1.807) is 4.40 Å². The van der Waals surface area contributed by atoms with Crippen molar-refractivity contribution < 1.29 is 0 Å². The van der Waals surface area contributed by atoms with Gasteiger partial charge in [-0.2, -0.15) is 0 Å². The lowest BCUT2D eigenvalue weighted by atomic mass is 9.85. The maximum atomic E-state index is 12.8. The van der Waals surface area contributed by atoms with Gasteiger partial charge in [0, 0.05) is 12.5 Å². The van der Waals surface area contributed by atoms with Crippen molar-refractivity contribution >= 4 is 16.9 Å². The molecule has 0 radical (unpaired) electrons. The highest BCUT2D eigenvalue weighted by Gasteiger charge is 2.25. The van der Waals surface area contributed by atoms with Gasteiger partial charge in [-0.05, 0) is 26.2 Å². The van der Waals surface area contributed by atoms with Crippen molar-refractivity contribution in [2.24, 2.45) is 0 Å². The lowest BCUT2D eigenvalue weighted by Crippen LogP contribution is -2.20. The predicted octanol–water partition coefficient (Wildman–Crippen LogP) is 2.53. The van der Waals surface area contributed by atoms with Gasteiger partial charge in [-0.15, -0.1) is 10.2 Å². The van der Waals surface area contributed by atoms with Gasteiger partial charge < -0.3 is 4.98 Å². The molecule has 122 valence electrons. The van der Waals surface area contributed by atoms with E-state index in [2.05, 4.69) is 22.1 Å². The van der Waals surface area contributed by atoms with E-state index >= 15 is 0 Å². The molecule has 0 aromatic carbocycles. The smallest absolute Gasteiger partial charge is 0.286 e. The van der Waals surface area contributed by atoms with Gasteiger partial charge in [-0.1, -0.05) is 26.2 Å². The summed E-state index contributed by atoms with van der Waals surface area (Å²) in [5, 5.41) is 8.30. The van der Waals surface area contributed by atoms with Crippen LogP contribution in [0.15, 0.2) is 4.79 Å². The van der Waals surface area contributed by atoms with Crippen LogP contribution in [0.3, 0.4) is 0 Å². The van der Waals surface area contributed by atoms with E-state index in [0.717, 1.165) is 50.1 Å². The molecule has 23 heavy (non-hydrogen) atoms. The van der Waals surface area contributed by atoms with E-state index in [1.165, 1.54) is 6.42 Å². The van der Waals surface area contributed by atoms with Crippen LogP contribution < -0.4 is 5.56 Å². The summed E-state index contributed by atoms with van der Waals surface area (Å²) < 4.78 is 3.64. The number of H-pyrrole nitrogens is 1. The Labute approximate surface area is 133 Å². The Morgan fingerprint density at radius 1 is 1.26 bits per heavy atom. The van der Waals surface area contributed by atoms with Gasteiger partial charge >= 0.3 is 0 Å². The SMILES string of the molecule is CCCCCn1c2nc(C3CCC3)[nH]c2c(=O)n2c(C)nnc12. The molecule has 0 unspecified atom stereocenters. The third-order valence-corrected chi connectivity index (χ3v) is 4.90. The highest BCUT2D eigenvalue weighted by Crippen LogP contribution is 2.35. The first kappa shape index (κ1) is 14.4. The molecular formula is C16H22N6O. The number of imidazole rings is 1. The predicted molar refractivity (Wildman–Crippen MR) is 87.8 cm³/mol. The molecule has 0 spiro atoms. The van der Waals surface area contributed by atoms with Crippen molar-refractivity contribution in [3.8, 4) is 0 Å². The van der Waals surface area contributed by atoms with Crippen LogP contribution in [0.25, 0.3) is 16.9 Å². The number of aromatic amines is 1. The number of unbranched alkanes of at least 4 members (excludes halogenated alkanes) is 2. The molecule has 1 aliphatic rings. The summed E-state index contributed by atoms with van der Waals surface area (Å²) in [6.45, 7) is 4.80. The van der Waals surface area contributed by atoms with Gasteiger partial charge in [0.05, 0.1) is 0 Å². The maximum Gasteiger partial charge on any atom is 0.286 e. The molecule has 4 rings (SSSR count). The monoisotopic (exact) mass is 314 g/mol. The summed E-state index contributed by atoms with van der Waals surface area (Å²) in [7, 11) is 0. The number of hydrogen-bond donors (Lipinski definition) is 1. The standard InChI is InChI=1S/C16H22N6O/c1-3-4-5-9-21-14-12(17-13(18-14)11-7-6-8-11)15(23)22-10(2)19-20-16(21)22/h11H,3-9H2,1-2H3,(H,17,18). The Morgan fingerprint density at radius 3 is 2.78 bits per heavy atom. The first-order valence-electron chi connectivity index (χ1n) is 8.55. The van der Waals surface area contributed by atoms with E-state index < -0.39 is 0 Å². The van der Waals surface area contributed by atoms with Gasteiger partial charge in [0.1, 0.15) is 17.2 Å². The molecule has 3 aromatic rings. The summed E-state index contributed by atoms with van der Waals surface area (Å²) in [5.41, 5.74) is 1.22. The second-order valence-corrected chi connectivity index (χ2v) is 6.49. The number of nitrogens with zero attached hydrogens (tertiary/aromatic N) is 5. The molecule has 0 saturated heterocycles. The number of fused-ring (bicyclic) bond motifs is 2. The number of aromatic nitrogens is 6. The van der Waals surface area contributed by atoms with E-state index in [-0.39, 0.29) is 5.56 Å². The highest BCUT2D eigenvalue weighted by molar-refractivity contribution is 5.73. The normalized spacial score (nSPS) is 15.6. The molecular weight excluding hydrogens is 292 g/mol. The third-order valence-electron chi connectivity index (χ3n) is 4.90. The Hall–Kier alpha value is -2.18. The Morgan fingerprint density at radius 2 is 2.09 bits per heavy atom. The van der Waals surface area contributed by atoms with Crippen molar-refractivity contribution in [1.29, 1.82) is 0 Å². The molecule has 0 atom stereocenters. The van der Waals surface area contributed by atoms with E-state index in [4.69, 9.17) is 4.98 Å². The largest absolute Gasteiger partial charge is 0.336 e. The van der Waals surface area contributed by atoms with Crippen LogP contribution >= 0.6 is 0 Å². The van der Waals surface area contributed by atoms with Crippen LogP contribution in [0.4, 0.5) is 0 Å². The van der Waals surface area contributed by atoms with Crippen LogP contribution in [-0.2, 0) is 6.54 Å². The Bertz CT molecular complexity index is 914. The second kappa shape index (κ2) is 5.47. The number of nitrogens with one attached hydrogen (secondary N) is 1. The van der Waals surface area contributed by atoms with Crippen molar-refractivity contribution in [3.63, 3.8) is 0 Å². The molecule has 7 heteroatoms. The zero-order valence-electron chi connectivity index (χ0n) is 13.7. The maximum absolute atomic E-state index is 12.8. The van der Waals surface area contributed by atoms with E-state index in [9.17, 15) is 4.79 Å². The molecule has 7 nitrogen and oxygen atoms in total. The minimum Gasteiger partial charge on any atom is -0.336 e. The first-order valence-corrected chi connectivity index (χ1v) is 8.55. The van der Waals surface area contributed by atoms with Crippen molar-refractivity contribution in [2.45, 2.75) is 64.8 Å². The van der Waals surface area contributed by atoms with Crippen LogP contribution in [-0.4, -0.2) is 29.1 Å². The molecule has 1 fully saturated rings. The van der Waals surface area contributed by atoms with Crippen LogP contribution in [0.5, 0.6) is 0 Å². The molecule has 0 aliphatic heterocycles. The van der Waals surface area contributed by atoms with Gasteiger partial charge in [0.15, 0.2) is 5.65 Å². The Balaban J connectivity index is 1.94. The van der Waals surface area contributed by atoms with Crippen molar-refractivity contribution in [2.75, 3.05) is 0 Å². The summed E-state index contributed by atoms with van der Waals surface area (Å²) in [6.07, 6.45) is 6.89. The van der Waals surface area contributed by atoms with Crippen LogP contribution in [0, 0.1) is 6.92 Å². The average molecular weight is 314 g/mol. The van der Waals surface area contributed by atoms with Gasteiger partial charge in [0.25, 0.3) is 5.56 Å². The average Bonchev–Trinajstić information content (AvgIpc) is 3.06. The van der Waals surface area contributed by atoms with E-state index in [1.807, 2.05) is 11.5 Å². The first-order chi connectivity index (χ1) is 11.2. The fraction of sp³-hybridized carbons (Fsp3) is 0.625. The van der Waals surface area contributed by atoms with Crippen LogP contribution in [0.2, 0.25) is 0 Å². The van der Waals surface area contributed by atoms with Crippen LogP contribution in [0.1, 0.15) is 63.0 Å². The van der Waals surface area contributed by atoms with Crippen molar-refractivity contribution in [3.05, 3.63) is 22.0 Å². The molecule has 3 aromatic heterocycles. The van der Waals surface area contributed by atoms with Gasteiger partial charge in [-0.25, -0.2) is 9.38 Å². The van der Waals surface area contributed by atoms with E-state index in [0.29, 0.717) is 23.0 Å². The van der Waals surface area contributed by atoms with Crippen molar-refractivity contribution in [1.82, 2.24) is 29.1 Å². The quantitative estimate of drug-likeness (QED) is 0.734. The topological polar surface area (TPSA) is 80.9 Å². The zero-order valence-corrected chi connectivity index (χ0v) is 13.7. The fourth-order valence-corrected chi connectivity index (χ4v) is 3.30. The molecule has 0 bridgehead atoms. The van der Waals surface area contributed by atoms with Gasteiger partial charge in [0.2, 0.25) is 5.78 Å². The second-order valence-electron chi connectivity index (χ2n) is 6.49. The number of rotatable bonds is 5. The highest BCUT2D eigenvalue weighted by atomic mass is 16.1. The molecule has 3 heterocycles. The Kier molecular flexibility index (Phi) is 3.43. The lowest BCUT2D eigenvalue weighted by Gasteiger charge is -2.22. The molecule has 1 saturated carbocycles. The summed E-state index contributed by atoms with van der Waals surface area (Å²) >= 11 is 0.